The van der Waals surface area contributed by atoms with E-state index < -0.39 is 15.7 Å². The van der Waals surface area contributed by atoms with Gasteiger partial charge in [-0.25, -0.2) is 0 Å². The molecule has 0 saturated heterocycles. The molecule has 0 radical (unpaired) electrons. The number of rotatable bonds is 4. The minimum Gasteiger partial charge on any atom is -0.312 e. The van der Waals surface area contributed by atoms with E-state index in [0.717, 1.165) is 0 Å². The summed E-state index contributed by atoms with van der Waals surface area (Å²) in [6, 6.07) is 0. The average molecular weight is 210 g/mol. The largest absolute Gasteiger partial charge is 0.330 e. The van der Waals surface area contributed by atoms with Gasteiger partial charge in [-0.1, -0.05) is 26.6 Å². The van der Waals surface area contributed by atoms with E-state index in [1.807, 2.05) is 6.92 Å². The average Bonchev–Trinajstić information content (AvgIpc) is 2.00. The van der Waals surface area contributed by atoms with E-state index in [0.29, 0.717) is 0 Å². The van der Waals surface area contributed by atoms with E-state index in [-0.39, 0.29) is 5.28 Å². The van der Waals surface area contributed by atoms with Crippen molar-refractivity contribution in [3.63, 3.8) is 0 Å². The fraction of sp³-hybridized carbons (Fsp3) is 1.00. The van der Waals surface area contributed by atoms with Crippen molar-refractivity contribution in [3.8, 4) is 0 Å². The van der Waals surface area contributed by atoms with Crippen molar-refractivity contribution >= 4 is 15.7 Å². The smallest absolute Gasteiger partial charge is 0.312 e. The summed E-state index contributed by atoms with van der Waals surface area (Å²) >= 11 is 0. The first kappa shape index (κ1) is 12.4. The summed E-state index contributed by atoms with van der Waals surface area (Å²) in [4.78, 5) is 0. The molecular weight excluding hydrogens is 191 g/mol. The van der Waals surface area contributed by atoms with Crippen LogP contribution in [0.15, 0.2) is 0 Å². The van der Waals surface area contributed by atoms with Gasteiger partial charge in [0.05, 0.1) is 13.4 Å². The van der Waals surface area contributed by atoms with Gasteiger partial charge in [0.1, 0.15) is 0 Å². The normalized spacial score (nSPS) is 16.2. The molecule has 0 aromatic carbocycles. The van der Waals surface area contributed by atoms with Gasteiger partial charge in [-0.15, -0.1) is 0 Å². The lowest BCUT2D eigenvalue weighted by molar-refractivity contribution is 0.273. The van der Waals surface area contributed by atoms with E-state index >= 15 is 0 Å². The van der Waals surface area contributed by atoms with Crippen molar-refractivity contribution in [2.45, 2.75) is 31.8 Å². The number of hydrogen-bond donors (Lipinski definition) is 0. The molecule has 74 valence electrons. The van der Waals surface area contributed by atoms with Crippen LogP contribution in [-0.2, 0) is 13.6 Å². The van der Waals surface area contributed by atoms with Gasteiger partial charge < -0.3 is 9.05 Å². The Morgan fingerprint density at radius 2 is 1.50 bits per heavy atom. The molecule has 1 unspecified atom stereocenters. The first-order chi connectivity index (χ1) is 5.28. The Hall–Kier alpha value is 0.367. The van der Waals surface area contributed by atoms with Gasteiger partial charge in [0.2, 0.25) is 0 Å². The Kier molecular flexibility index (Phi) is 4.17. The molecule has 1 atom stereocenters. The fourth-order valence-corrected chi connectivity index (χ4v) is 6.07. The summed E-state index contributed by atoms with van der Waals surface area (Å²) in [7, 11) is -1.39. The van der Waals surface area contributed by atoms with Crippen LogP contribution in [0, 0.1) is 0 Å². The summed E-state index contributed by atoms with van der Waals surface area (Å²) < 4.78 is 21.8. The maximum Gasteiger partial charge on any atom is 0.330 e. The monoisotopic (exact) mass is 210 g/mol. The molecule has 0 amide bonds. The summed E-state index contributed by atoms with van der Waals surface area (Å²) in [6.07, 6.45) is 0. The molecule has 0 saturated carbocycles. The van der Waals surface area contributed by atoms with Crippen LogP contribution in [0.3, 0.4) is 0 Å². The number of hydrogen-bond acceptors (Lipinski definition) is 3. The van der Waals surface area contributed by atoms with Crippen LogP contribution in [0.2, 0.25) is 19.6 Å². The highest BCUT2D eigenvalue weighted by molar-refractivity contribution is 7.57. The van der Waals surface area contributed by atoms with Gasteiger partial charge in [-0.05, 0) is 0 Å². The highest BCUT2D eigenvalue weighted by Crippen LogP contribution is 2.54. The fourth-order valence-electron chi connectivity index (χ4n) is 0.865. The Bertz CT molecular complexity index is 180. The second-order valence-electron chi connectivity index (χ2n) is 3.95. The molecule has 0 rings (SSSR count). The molecule has 0 fully saturated rings. The third kappa shape index (κ3) is 2.70. The molecule has 0 aliphatic heterocycles. The van der Waals surface area contributed by atoms with Crippen molar-refractivity contribution in [2.75, 3.05) is 14.2 Å². The van der Waals surface area contributed by atoms with Gasteiger partial charge >= 0.3 is 7.60 Å². The third-order valence-corrected chi connectivity index (χ3v) is 9.98. The van der Waals surface area contributed by atoms with Crippen molar-refractivity contribution in [2.24, 2.45) is 0 Å². The molecule has 5 heteroatoms. The molecule has 0 aromatic rings. The van der Waals surface area contributed by atoms with Crippen LogP contribution in [0.4, 0.5) is 0 Å². The van der Waals surface area contributed by atoms with Crippen molar-refractivity contribution in [1.82, 2.24) is 0 Å². The molecule has 0 aliphatic carbocycles. The van der Waals surface area contributed by atoms with Crippen LogP contribution in [-0.4, -0.2) is 27.6 Å². The molecular formula is C7H19O3PSi. The highest BCUT2D eigenvalue weighted by atomic mass is 31.2. The Labute approximate surface area is 76.0 Å². The predicted octanol–water partition coefficient (Wildman–Crippen LogP) is 2.74. The summed E-state index contributed by atoms with van der Waals surface area (Å²) in [5.41, 5.74) is 0. The van der Waals surface area contributed by atoms with Gasteiger partial charge in [0.15, 0.2) is 0 Å². The molecule has 12 heavy (non-hydrogen) atoms. The molecule has 0 spiro atoms. The minimum absolute atomic E-state index is 0.0417. The van der Waals surface area contributed by atoms with Crippen LogP contribution >= 0.6 is 7.60 Å². The first-order valence-corrected chi connectivity index (χ1v) is 9.18. The van der Waals surface area contributed by atoms with Gasteiger partial charge in [0.25, 0.3) is 0 Å². The second kappa shape index (κ2) is 4.05. The molecule has 0 aromatic heterocycles. The van der Waals surface area contributed by atoms with E-state index in [1.165, 1.54) is 14.2 Å². The SMILES string of the molecule is COP(=O)(OC)C(C)[Si](C)(C)C. The van der Waals surface area contributed by atoms with Crippen molar-refractivity contribution < 1.29 is 13.6 Å². The molecule has 3 nitrogen and oxygen atoms in total. The lowest BCUT2D eigenvalue weighted by Gasteiger charge is -2.29. The van der Waals surface area contributed by atoms with E-state index in [2.05, 4.69) is 19.6 Å². The zero-order valence-electron chi connectivity index (χ0n) is 8.75. The van der Waals surface area contributed by atoms with Crippen molar-refractivity contribution in [1.29, 1.82) is 0 Å². The Morgan fingerprint density at radius 3 is 1.58 bits per heavy atom. The Balaban J connectivity index is 4.66. The third-order valence-electron chi connectivity index (χ3n) is 2.24. The molecule has 0 bridgehead atoms. The lowest BCUT2D eigenvalue weighted by atomic mass is 10.9. The summed E-state index contributed by atoms with van der Waals surface area (Å²) in [5.74, 6) is 0. The second-order valence-corrected chi connectivity index (χ2v) is 12.6. The van der Waals surface area contributed by atoms with E-state index in [9.17, 15) is 4.57 Å². The quantitative estimate of drug-likeness (QED) is 0.528. The van der Waals surface area contributed by atoms with Crippen LogP contribution in [0.25, 0.3) is 0 Å². The molecule has 0 aliphatic rings. The predicted molar refractivity (Wildman–Crippen MR) is 54.4 cm³/mol. The standard InChI is InChI=1S/C7H19O3PSi/c1-7(12(4,5)6)11(8,9-2)10-3/h7H,1-6H3. The zero-order valence-corrected chi connectivity index (χ0v) is 10.6. The lowest BCUT2D eigenvalue weighted by Crippen LogP contribution is -2.36. The van der Waals surface area contributed by atoms with Crippen LogP contribution in [0.1, 0.15) is 6.92 Å². The van der Waals surface area contributed by atoms with Gasteiger partial charge in [-0.3, -0.25) is 4.57 Å². The maximum absolute atomic E-state index is 11.9. The summed E-state index contributed by atoms with van der Waals surface area (Å²) in [5, 5.41) is 0.0417. The zero-order chi connectivity index (χ0) is 9.99. The topological polar surface area (TPSA) is 35.5 Å². The molecule has 0 N–H and O–H groups in total. The van der Waals surface area contributed by atoms with Gasteiger partial charge in [0, 0.05) is 14.2 Å². The van der Waals surface area contributed by atoms with Crippen molar-refractivity contribution in [3.05, 3.63) is 0 Å². The minimum atomic E-state index is -2.83. The van der Waals surface area contributed by atoms with Crippen LogP contribution < -0.4 is 0 Å². The van der Waals surface area contributed by atoms with E-state index in [1.54, 1.807) is 0 Å². The Morgan fingerprint density at radius 1 is 1.17 bits per heavy atom. The van der Waals surface area contributed by atoms with Gasteiger partial charge in [-0.2, -0.15) is 0 Å². The summed E-state index contributed by atoms with van der Waals surface area (Å²) in [6.45, 7) is 8.41. The highest BCUT2D eigenvalue weighted by Gasteiger charge is 2.39. The molecule has 0 heterocycles. The maximum atomic E-state index is 11.9. The van der Waals surface area contributed by atoms with Crippen LogP contribution in [0.5, 0.6) is 0 Å². The van der Waals surface area contributed by atoms with E-state index in [4.69, 9.17) is 9.05 Å². The first-order valence-electron chi connectivity index (χ1n) is 3.99.